The molecule has 0 spiro atoms. The van der Waals surface area contributed by atoms with Gasteiger partial charge in [0.1, 0.15) is 11.5 Å². The molecule has 4 nitrogen and oxygen atoms in total. The van der Waals surface area contributed by atoms with Crippen molar-refractivity contribution in [2.24, 2.45) is 0 Å². The van der Waals surface area contributed by atoms with Crippen molar-refractivity contribution < 1.29 is 33.3 Å². The van der Waals surface area contributed by atoms with Crippen LogP contribution in [0.3, 0.4) is 0 Å². The Morgan fingerprint density at radius 3 is 1.10 bits per heavy atom. The van der Waals surface area contributed by atoms with E-state index in [0.29, 0.717) is 11.5 Å². The fourth-order valence-corrected chi connectivity index (χ4v) is 0.856. The van der Waals surface area contributed by atoms with Crippen LogP contribution in [0.4, 0.5) is 13.2 Å². The summed E-state index contributed by atoms with van der Waals surface area (Å²) < 4.78 is 31.7. The van der Waals surface area contributed by atoms with E-state index in [9.17, 15) is 13.2 Å². The number of rotatable bonds is 0. The van der Waals surface area contributed by atoms with Crippen LogP contribution in [0, 0.1) is 0 Å². The number of phenolic OH excluding ortho intramolecular Hbond substituents is 2. The van der Waals surface area contributed by atoms with E-state index in [1.54, 1.807) is 48.5 Å². The summed E-state index contributed by atoms with van der Waals surface area (Å²) in [4.78, 5) is 8.90. The first-order valence-corrected chi connectivity index (χ1v) is 5.51. The van der Waals surface area contributed by atoms with Crippen LogP contribution in [0.5, 0.6) is 11.5 Å². The summed E-state index contributed by atoms with van der Waals surface area (Å²) in [6.45, 7) is 0. The molecule has 0 atom stereocenters. The van der Waals surface area contributed by atoms with E-state index in [2.05, 4.69) is 0 Å². The van der Waals surface area contributed by atoms with E-state index < -0.39 is 12.1 Å². The summed E-state index contributed by atoms with van der Waals surface area (Å²) in [5.41, 5.74) is 0. The summed E-state index contributed by atoms with van der Waals surface area (Å²) in [5.74, 6) is -2.11. The SMILES string of the molecule is O=C(O)C(F)(F)F.Oc1ccccc1.Oc1ccccc1. The Kier molecular flexibility index (Phi) is 8.05. The zero-order chi connectivity index (χ0) is 16.3. The topological polar surface area (TPSA) is 77.8 Å². The Balaban J connectivity index is 0.000000286. The molecule has 0 unspecified atom stereocenters. The first-order chi connectivity index (χ1) is 9.73. The third-order valence-corrected chi connectivity index (χ3v) is 1.75. The zero-order valence-corrected chi connectivity index (χ0v) is 10.7. The van der Waals surface area contributed by atoms with E-state index in [0.717, 1.165) is 0 Å². The van der Waals surface area contributed by atoms with E-state index >= 15 is 0 Å². The number of aromatic hydroxyl groups is 2. The van der Waals surface area contributed by atoms with Gasteiger partial charge in [-0.2, -0.15) is 13.2 Å². The fraction of sp³-hybridized carbons (Fsp3) is 0.0714. The molecule has 3 N–H and O–H groups in total. The Morgan fingerprint density at radius 1 is 0.762 bits per heavy atom. The smallest absolute Gasteiger partial charge is 0.490 e. The van der Waals surface area contributed by atoms with Crippen LogP contribution in [-0.4, -0.2) is 27.5 Å². The average Bonchev–Trinajstić information content (AvgIpc) is 2.41. The number of hydrogen-bond donors (Lipinski definition) is 3. The monoisotopic (exact) mass is 302 g/mol. The second-order valence-corrected chi connectivity index (χ2v) is 3.47. The highest BCUT2D eigenvalue weighted by Gasteiger charge is 2.38. The lowest BCUT2D eigenvalue weighted by Crippen LogP contribution is -2.21. The molecule has 114 valence electrons. The number of benzene rings is 2. The van der Waals surface area contributed by atoms with Crippen molar-refractivity contribution in [2.75, 3.05) is 0 Å². The van der Waals surface area contributed by atoms with Gasteiger partial charge in [-0.3, -0.25) is 0 Å². The Bertz CT molecular complexity index is 475. The summed E-state index contributed by atoms with van der Waals surface area (Å²) in [5, 5.41) is 24.4. The van der Waals surface area contributed by atoms with Gasteiger partial charge in [0, 0.05) is 0 Å². The lowest BCUT2D eigenvalue weighted by molar-refractivity contribution is -0.192. The van der Waals surface area contributed by atoms with Crippen LogP contribution in [0.25, 0.3) is 0 Å². The van der Waals surface area contributed by atoms with Gasteiger partial charge in [-0.25, -0.2) is 4.79 Å². The normalized spacial score (nSPS) is 9.48. The predicted octanol–water partition coefficient (Wildman–Crippen LogP) is 3.42. The van der Waals surface area contributed by atoms with Crippen LogP contribution < -0.4 is 0 Å². The first-order valence-electron chi connectivity index (χ1n) is 5.51. The van der Waals surface area contributed by atoms with E-state index in [1.807, 2.05) is 12.1 Å². The molecule has 0 bridgehead atoms. The molecule has 2 rings (SSSR count). The number of phenols is 2. The second-order valence-electron chi connectivity index (χ2n) is 3.47. The van der Waals surface area contributed by atoms with E-state index in [4.69, 9.17) is 20.1 Å². The largest absolute Gasteiger partial charge is 0.508 e. The molecule has 0 aliphatic rings. The molecule has 0 fully saturated rings. The van der Waals surface area contributed by atoms with Gasteiger partial charge >= 0.3 is 12.1 Å². The Morgan fingerprint density at radius 2 is 1.00 bits per heavy atom. The van der Waals surface area contributed by atoms with E-state index in [1.165, 1.54) is 0 Å². The van der Waals surface area contributed by atoms with Gasteiger partial charge in [0.15, 0.2) is 0 Å². The Labute approximate surface area is 118 Å². The number of halogens is 3. The van der Waals surface area contributed by atoms with Crippen LogP contribution in [0.15, 0.2) is 60.7 Å². The lowest BCUT2D eigenvalue weighted by atomic mass is 10.3. The molecule has 0 radical (unpaired) electrons. The maximum atomic E-state index is 10.6. The van der Waals surface area contributed by atoms with Gasteiger partial charge in [-0.05, 0) is 24.3 Å². The minimum atomic E-state index is -5.08. The molecule has 0 aromatic heterocycles. The average molecular weight is 302 g/mol. The minimum Gasteiger partial charge on any atom is -0.508 e. The molecule has 0 saturated heterocycles. The predicted molar refractivity (Wildman–Crippen MR) is 69.9 cm³/mol. The third kappa shape index (κ3) is 10.9. The van der Waals surface area contributed by atoms with Crippen molar-refractivity contribution >= 4 is 5.97 Å². The second kappa shape index (κ2) is 9.24. The van der Waals surface area contributed by atoms with Gasteiger partial charge in [0.2, 0.25) is 0 Å². The van der Waals surface area contributed by atoms with E-state index in [-0.39, 0.29) is 0 Å². The third-order valence-electron chi connectivity index (χ3n) is 1.75. The number of para-hydroxylation sites is 2. The molecule has 7 heteroatoms. The quantitative estimate of drug-likeness (QED) is 0.697. The maximum absolute atomic E-state index is 10.6. The number of carbonyl (C=O) groups is 1. The van der Waals surface area contributed by atoms with Gasteiger partial charge in [-0.15, -0.1) is 0 Å². The number of carboxylic acid groups (broad SMARTS) is 1. The molecule has 2 aromatic carbocycles. The van der Waals surface area contributed by atoms with Crippen molar-refractivity contribution in [3.05, 3.63) is 60.7 Å². The summed E-state index contributed by atoms with van der Waals surface area (Å²) in [6, 6.07) is 17.4. The number of carboxylic acids is 1. The fourth-order valence-electron chi connectivity index (χ4n) is 0.856. The molecule has 21 heavy (non-hydrogen) atoms. The molecule has 0 saturated carbocycles. The van der Waals surface area contributed by atoms with Crippen molar-refractivity contribution in [3.63, 3.8) is 0 Å². The molecule has 2 aromatic rings. The first kappa shape index (κ1) is 18.3. The van der Waals surface area contributed by atoms with Crippen LogP contribution in [0.2, 0.25) is 0 Å². The summed E-state index contributed by atoms with van der Waals surface area (Å²) in [7, 11) is 0. The molecule has 0 aliphatic heterocycles. The van der Waals surface area contributed by atoms with Crippen molar-refractivity contribution in [1.82, 2.24) is 0 Å². The van der Waals surface area contributed by atoms with Crippen LogP contribution in [-0.2, 0) is 4.79 Å². The highest BCUT2D eigenvalue weighted by atomic mass is 19.4. The summed E-state index contributed by atoms with van der Waals surface area (Å²) >= 11 is 0. The molecule has 0 amide bonds. The number of aliphatic carboxylic acids is 1. The maximum Gasteiger partial charge on any atom is 0.490 e. The number of hydrogen-bond acceptors (Lipinski definition) is 3. The zero-order valence-electron chi connectivity index (χ0n) is 10.7. The van der Waals surface area contributed by atoms with Gasteiger partial charge in [0.05, 0.1) is 0 Å². The van der Waals surface area contributed by atoms with Gasteiger partial charge in [0.25, 0.3) is 0 Å². The van der Waals surface area contributed by atoms with Crippen LogP contribution >= 0.6 is 0 Å². The van der Waals surface area contributed by atoms with Crippen LogP contribution in [0.1, 0.15) is 0 Å². The molecular formula is C14H13F3O4. The Hall–Kier alpha value is -2.70. The summed E-state index contributed by atoms with van der Waals surface area (Å²) in [6.07, 6.45) is -5.08. The highest BCUT2D eigenvalue weighted by molar-refractivity contribution is 5.73. The van der Waals surface area contributed by atoms with Gasteiger partial charge < -0.3 is 15.3 Å². The number of alkyl halides is 3. The van der Waals surface area contributed by atoms with Crippen molar-refractivity contribution in [1.29, 1.82) is 0 Å². The highest BCUT2D eigenvalue weighted by Crippen LogP contribution is 2.13. The van der Waals surface area contributed by atoms with Crippen molar-refractivity contribution in [2.45, 2.75) is 6.18 Å². The standard InChI is InChI=1S/2C6H6O.C2HF3O2/c2*7-6-4-2-1-3-5-6;3-2(4,5)1(6)7/h2*1-5,7H;(H,6,7). The molecule has 0 aliphatic carbocycles. The molecule has 0 heterocycles. The molecular weight excluding hydrogens is 289 g/mol. The van der Waals surface area contributed by atoms with Crippen molar-refractivity contribution in [3.8, 4) is 11.5 Å². The van der Waals surface area contributed by atoms with Gasteiger partial charge in [-0.1, -0.05) is 36.4 Å². The lowest BCUT2D eigenvalue weighted by Gasteiger charge is -1.93. The minimum absolute atomic E-state index is 0.322.